The minimum atomic E-state index is -0.220. The molecule has 0 aliphatic carbocycles. The van der Waals surface area contributed by atoms with Crippen LogP contribution in [0.5, 0.6) is 0 Å². The maximum absolute atomic E-state index is 13.1. The summed E-state index contributed by atoms with van der Waals surface area (Å²) >= 11 is 0. The second kappa shape index (κ2) is 8.86. The number of anilines is 2. The maximum atomic E-state index is 13.1. The van der Waals surface area contributed by atoms with Gasteiger partial charge in [0.15, 0.2) is 0 Å². The second-order valence-corrected chi connectivity index (χ2v) is 7.35. The Labute approximate surface area is 160 Å². The minimum absolute atomic E-state index is 0.183. The van der Waals surface area contributed by atoms with Crippen molar-refractivity contribution in [3.05, 3.63) is 59.9 Å². The van der Waals surface area contributed by atoms with Crippen LogP contribution in [0.25, 0.3) is 0 Å². The zero-order valence-corrected chi connectivity index (χ0v) is 15.9. The summed E-state index contributed by atoms with van der Waals surface area (Å²) in [6.07, 6.45) is 1.01. The van der Waals surface area contributed by atoms with Crippen LogP contribution in [0.2, 0.25) is 0 Å². The van der Waals surface area contributed by atoms with Crippen molar-refractivity contribution in [2.75, 3.05) is 43.9 Å². The van der Waals surface area contributed by atoms with Gasteiger partial charge >= 0.3 is 6.03 Å². The van der Waals surface area contributed by atoms with E-state index in [4.69, 9.17) is 0 Å². The number of urea groups is 1. The number of benzene rings is 2. The van der Waals surface area contributed by atoms with Gasteiger partial charge in [-0.2, -0.15) is 0 Å². The number of halogens is 1. The maximum Gasteiger partial charge on any atom is 0.319 e. The molecule has 2 N–H and O–H groups in total. The summed E-state index contributed by atoms with van der Waals surface area (Å²) in [4.78, 5) is 16.5. The van der Waals surface area contributed by atoms with Crippen LogP contribution in [0.1, 0.15) is 12.0 Å². The molecule has 1 atom stereocenters. The van der Waals surface area contributed by atoms with E-state index in [0.29, 0.717) is 12.5 Å². The number of hydrogen-bond acceptors (Lipinski definition) is 3. The van der Waals surface area contributed by atoms with Gasteiger partial charge in [0.05, 0.1) is 0 Å². The lowest BCUT2D eigenvalue weighted by molar-refractivity contribution is 0.250. The van der Waals surface area contributed by atoms with Crippen LogP contribution < -0.4 is 15.5 Å². The highest BCUT2D eigenvalue weighted by molar-refractivity contribution is 5.89. The van der Waals surface area contributed by atoms with Crippen LogP contribution in [0.15, 0.2) is 48.5 Å². The van der Waals surface area contributed by atoms with E-state index >= 15 is 0 Å². The quantitative estimate of drug-likeness (QED) is 0.818. The summed E-state index contributed by atoms with van der Waals surface area (Å²) in [7, 11) is 4.03. The van der Waals surface area contributed by atoms with Gasteiger partial charge in [-0.3, -0.25) is 0 Å². The molecule has 144 valence electrons. The van der Waals surface area contributed by atoms with Crippen molar-refractivity contribution >= 4 is 17.4 Å². The molecule has 1 unspecified atom stereocenters. The molecular weight excluding hydrogens is 343 g/mol. The summed E-state index contributed by atoms with van der Waals surface area (Å²) in [5, 5.41) is 5.87. The first kappa shape index (κ1) is 19.2. The number of rotatable bonds is 6. The topological polar surface area (TPSA) is 47.6 Å². The third-order valence-corrected chi connectivity index (χ3v) is 4.71. The van der Waals surface area contributed by atoms with Crippen LogP contribution in [-0.4, -0.2) is 44.7 Å². The molecule has 1 saturated heterocycles. The van der Waals surface area contributed by atoms with Crippen LogP contribution in [-0.2, 0) is 6.54 Å². The molecule has 6 heteroatoms. The standard InChI is InChI=1S/C21H27FN4O/c1-25(2)14-16-4-3-5-19(12-16)24-21(27)23-13-17-10-11-26(15-17)20-8-6-18(22)7-9-20/h3-9,12,17H,10-11,13-15H2,1-2H3,(H2,23,24,27). The summed E-state index contributed by atoms with van der Waals surface area (Å²) in [5.74, 6) is 0.170. The Morgan fingerprint density at radius 1 is 1.22 bits per heavy atom. The molecule has 0 bridgehead atoms. The highest BCUT2D eigenvalue weighted by atomic mass is 19.1. The van der Waals surface area contributed by atoms with E-state index in [1.165, 1.54) is 12.1 Å². The van der Waals surface area contributed by atoms with E-state index in [9.17, 15) is 9.18 Å². The van der Waals surface area contributed by atoms with Crippen LogP contribution in [0.3, 0.4) is 0 Å². The lowest BCUT2D eigenvalue weighted by atomic mass is 10.1. The Morgan fingerprint density at radius 2 is 2.00 bits per heavy atom. The van der Waals surface area contributed by atoms with Crippen molar-refractivity contribution in [1.82, 2.24) is 10.2 Å². The van der Waals surface area contributed by atoms with Crippen LogP contribution in [0.4, 0.5) is 20.6 Å². The van der Waals surface area contributed by atoms with Crippen molar-refractivity contribution in [1.29, 1.82) is 0 Å². The summed E-state index contributed by atoms with van der Waals surface area (Å²) < 4.78 is 13.1. The first-order chi connectivity index (χ1) is 13.0. The fraction of sp³-hybridized carbons (Fsp3) is 0.381. The molecule has 3 rings (SSSR count). The van der Waals surface area contributed by atoms with Gasteiger partial charge in [-0.1, -0.05) is 12.1 Å². The Bertz CT molecular complexity index is 763. The zero-order valence-electron chi connectivity index (χ0n) is 15.9. The second-order valence-electron chi connectivity index (χ2n) is 7.35. The van der Waals surface area contributed by atoms with E-state index in [1.807, 2.05) is 38.4 Å². The lowest BCUT2D eigenvalue weighted by Gasteiger charge is -2.19. The van der Waals surface area contributed by atoms with Crippen LogP contribution in [0, 0.1) is 11.7 Å². The van der Waals surface area contributed by atoms with Crippen LogP contribution >= 0.6 is 0 Å². The van der Waals surface area contributed by atoms with Crippen molar-refractivity contribution < 1.29 is 9.18 Å². The molecule has 2 amide bonds. The third-order valence-electron chi connectivity index (χ3n) is 4.71. The highest BCUT2D eigenvalue weighted by Gasteiger charge is 2.23. The first-order valence-electron chi connectivity index (χ1n) is 9.28. The van der Waals surface area contributed by atoms with Gasteiger partial charge < -0.3 is 20.4 Å². The van der Waals surface area contributed by atoms with Gasteiger partial charge in [-0.25, -0.2) is 9.18 Å². The first-order valence-corrected chi connectivity index (χ1v) is 9.28. The number of nitrogens with zero attached hydrogens (tertiary/aromatic N) is 2. The van der Waals surface area contributed by atoms with Gasteiger partial charge in [-0.15, -0.1) is 0 Å². The molecule has 0 saturated carbocycles. The summed E-state index contributed by atoms with van der Waals surface area (Å²) in [6, 6.07) is 14.3. The SMILES string of the molecule is CN(C)Cc1cccc(NC(=O)NCC2CCN(c3ccc(F)cc3)C2)c1. The summed E-state index contributed by atoms with van der Waals surface area (Å²) in [5.41, 5.74) is 2.98. The Hall–Kier alpha value is -2.60. The van der Waals surface area contributed by atoms with E-state index in [0.717, 1.165) is 43.0 Å². The van der Waals surface area contributed by atoms with Gasteiger partial charge in [0.1, 0.15) is 5.82 Å². The average molecular weight is 370 g/mol. The van der Waals surface area contributed by atoms with E-state index < -0.39 is 0 Å². The Morgan fingerprint density at radius 3 is 2.74 bits per heavy atom. The molecular formula is C21H27FN4O. The van der Waals surface area contributed by atoms with E-state index in [2.05, 4.69) is 20.4 Å². The van der Waals surface area contributed by atoms with Gasteiger partial charge in [-0.05, 0) is 68.4 Å². The van der Waals surface area contributed by atoms with Crippen molar-refractivity contribution in [3.8, 4) is 0 Å². The molecule has 2 aromatic carbocycles. The number of carbonyl (C=O) groups is 1. The average Bonchev–Trinajstić information content (AvgIpc) is 3.09. The molecule has 2 aromatic rings. The number of hydrogen-bond donors (Lipinski definition) is 2. The molecule has 1 fully saturated rings. The normalized spacial score (nSPS) is 16.6. The predicted molar refractivity (Wildman–Crippen MR) is 108 cm³/mol. The molecule has 0 spiro atoms. The molecule has 1 aliphatic rings. The Kier molecular flexibility index (Phi) is 6.29. The smallest absolute Gasteiger partial charge is 0.319 e. The third kappa shape index (κ3) is 5.69. The lowest BCUT2D eigenvalue weighted by Crippen LogP contribution is -2.34. The largest absolute Gasteiger partial charge is 0.371 e. The predicted octanol–water partition coefficient (Wildman–Crippen LogP) is 3.54. The fourth-order valence-corrected chi connectivity index (χ4v) is 3.41. The Balaban J connectivity index is 1.45. The molecule has 1 heterocycles. The molecule has 0 radical (unpaired) electrons. The van der Waals surface area contributed by atoms with E-state index in [1.54, 1.807) is 12.1 Å². The van der Waals surface area contributed by atoms with Crippen molar-refractivity contribution in [2.24, 2.45) is 5.92 Å². The number of nitrogens with one attached hydrogen (secondary N) is 2. The number of carbonyl (C=O) groups excluding carboxylic acids is 1. The minimum Gasteiger partial charge on any atom is -0.371 e. The van der Waals surface area contributed by atoms with Crippen molar-refractivity contribution in [3.63, 3.8) is 0 Å². The van der Waals surface area contributed by atoms with E-state index in [-0.39, 0.29) is 11.8 Å². The molecule has 27 heavy (non-hydrogen) atoms. The fourth-order valence-electron chi connectivity index (χ4n) is 3.41. The highest BCUT2D eigenvalue weighted by Crippen LogP contribution is 2.23. The summed E-state index contributed by atoms with van der Waals surface area (Å²) in [6.45, 7) is 3.25. The van der Waals surface area contributed by atoms with Gasteiger partial charge in [0, 0.05) is 37.6 Å². The molecule has 0 aromatic heterocycles. The zero-order chi connectivity index (χ0) is 19.2. The van der Waals surface area contributed by atoms with Gasteiger partial charge in [0.25, 0.3) is 0 Å². The monoisotopic (exact) mass is 370 g/mol. The van der Waals surface area contributed by atoms with Gasteiger partial charge in [0.2, 0.25) is 0 Å². The molecule has 5 nitrogen and oxygen atoms in total. The molecule has 1 aliphatic heterocycles. The number of amides is 2. The van der Waals surface area contributed by atoms with Crippen molar-refractivity contribution in [2.45, 2.75) is 13.0 Å².